The topological polar surface area (TPSA) is 27.7 Å². The molecule has 0 saturated carbocycles. The van der Waals surface area contributed by atoms with Crippen molar-refractivity contribution >= 4 is 27.5 Å². The van der Waals surface area contributed by atoms with Gasteiger partial charge in [0.15, 0.2) is 17.9 Å². The van der Waals surface area contributed by atoms with Gasteiger partial charge >= 0.3 is 0 Å². The van der Waals surface area contributed by atoms with Crippen molar-refractivity contribution in [3.05, 3.63) is 62.8 Å². The van der Waals surface area contributed by atoms with E-state index in [1.54, 1.807) is 6.07 Å². The number of ether oxygens (including phenoxy) is 3. The molecule has 1 aliphatic heterocycles. The maximum atomic E-state index is 14.5. The number of hydrogen-bond acceptors (Lipinski definition) is 3. The average molecular weight is 388 g/mol. The van der Waals surface area contributed by atoms with Crippen LogP contribution in [0.1, 0.15) is 17.4 Å². The van der Waals surface area contributed by atoms with Crippen LogP contribution < -0.4 is 4.74 Å². The highest BCUT2D eigenvalue weighted by molar-refractivity contribution is 9.10. The largest absolute Gasteiger partial charge is 0.485 e. The van der Waals surface area contributed by atoms with Gasteiger partial charge in [0.05, 0.1) is 23.8 Å². The minimum atomic E-state index is -0.645. The summed E-state index contributed by atoms with van der Waals surface area (Å²) >= 11 is 9.20. The molecule has 0 aliphatic carbocycles. The summed E-state index contributed by atoms with van der Waals surface area (Å²) in [7, 11) is 0. The van der Waals surface area contributed by atoms with Crippen LogP contribution >= 0.6 is 27.5 Å². The fourth-order valence-electron chi connectivity index (χ4n) is 2.19. The van der Waals surface area contributed by atoms with Crippen molar-refractivity contribution in [2.45, 2.75) is 12.9 Å². The van der Waals surface area contributed by atoms with Crippen LogP contribution in [0.3, 0.4) is 0 Å². The van der Waals surface area contributed by atoms with E-state index in [4.69, 9.17) is 25.8 Å². The Bertz CT molecular complexity index is 660. The quantitative estimate of drug-likeness (QED) is 0.701. The van der Waals surface area contributed by atoms with Gasteiger partial charge in [-0.2, -0.15) is 0 Å². The zero-order valence-corrected chi connectivity index (χ0v) is 13.9. The van der Waals surface area contributed by atoms with E-state index in [0.717, 1.165) is 5.56 Å². The SMILES string of the molecule is Fc1c(Cl)c(Br)cc(C2OCCO2)c1OCc1ccccc1. The molecule has 116 valence electrons. The summed E-state index contributed by atoms with van der Waals surface area (Å²) in [6, 6.07) is 11.2. The molecule has 1 saturated heterocycles. The molecule has 0 amide bonds. The summed E-state index contributed by atoms with van der Waals surface area (Å²) < 4.78 is 31.5. The maximum Gasteiger partial charge on any atom is 0.187 e. The summed E-state index contributed by atoms with van der Waals surface area (Å²) in [4.78, 5) is 0. The molecule has 0 aromatic heterocycles. The molecule has 1 aliphatic rings. The molecule has 0 bridgehead atoms. The molecule has 3 nitrogen and oxygen atoms in total. The highest BCUT2D eigenvalue weighted by atomic mass is 79.9. The Morgan fingerprint density at radius 2 is 1.91 bits per heavy atom. The third kappa shape index (κ3) is 3.27. The number of hydrogen-bond donors (Lipinski definition) is 0. The van der Waals surface area contributed by atoms with E-state index in [2.05, 4.69) is 15.9 Å². The second-order valence-electron chi connectivity index (χ2n) is 4.75. The molecule has 3 rings (SSSR count). The van der Waals surface area contributed by atoms with Gasteiger partial charge in [-0.3, -0.25) is 0 Å². The second kappa shape index (κ2) is 6.96. The van der Waals surface area contributed by atoms with Gasteiger partial charge in [-0.1, -0.05) is 41.9 Å². The smallest absolute Gasteiger partial charge is 0.187 e. The van der Waals surface area contributed by atoms with Gasteiger partial charge in [0.1, 0.15) is 6.61 Å². The Kier molecular flexibility index (Phi) is 4.98. The van der Waals surface area contributed by atoms with Crippen LogP contribution in [0.5, 0.6) is 5.75 Å². The molecule has 22 heavy (non-hydrogen) atoms. The van der Waals surface area contributed by atoms with Crippen molar-refractivity contribution in [2.75, 3.05) is 13.2 Å². The van der Waals surface area contributed by atoms with Gasteiger partial charge in [0.2, 0.25) is 0 Å². The third-order valence-electron chi connectivity index (χ3n) is 3.25. The Morgan fingerprint density at radius 3 is 2.59 bits per heavy atom. The van der Waals surface area contributed by atoms with Crippen molar-refractivity contribution in [1.82, 2.24) is 0 Å². The summed E-state index contributed by atoms with van der Waals surface area (Å²) in [5, 5.41) is -0.0233. The van der Waals surface area contributed by atoms with Crippen LogP contribution in [0.25, 0.3) is 0 Å². The van der Waals surface area contributed by atoms with Crippen molar-refractivity contribution in [1.29, 1.82) is 0 Å². The zero-order chi connectivity index (χ0) is 15.5. The number of rotatable bonds is 4. The lowest BCUT2D eigenvalue weighted by atomic mass is 10.1. The Balaban J connectivity index is 1.92. The molecule has 2 aromatic rings. The van der Waals surface area contributed by atoms with E-state index in [0.29, 0.717) is 23.2 Å². The summed E-state index contributed by atoms with van der Waals surface area (Å²) in [6.45, 7) is 1.16. The Hall–Kier alpha value is -1.14. The molecule has 2 aromatic carbocycles. The van der Waals surface area contributed by atoms with Crippen LogP contribution in [0.4, 0.5) is 4.39 Å². The molecule has 1 heterocycles. The molecule has 1 fully saturated rings. The van der Waals surface area contributed by atoms with Crippen molar-refractivity contribution in [2.24, 2.45) is 0 Å². The van der Waals surface area contributed by atoms with Gasteiger partial charge in [-0.05, 0) is 27.6 Å². The molecule has 6 heteroatoms. The standard InChI is InChI=1S/C16H13BrClFO3/c17-12-8-11(16-20-6-7-21-16)15(14(19)13(12)18)22-9-10-4-2-1-3-5-10/h1-5,8,16H,6-7,9H2. The third-order valence-corrected chi connectivity index (χ3v) is 4.47. The van der Waals surface area contributed by atoms with Crippen molar-refractivity contribution in [3.8, 4) is 5.75 Å². The first-order chi connectivity index (χ1) is 10.7. The predicted octanol–water partition coefficient (Wildman–Crippen LogP) is 4.87. The second-order valence-corrected chi connectivity index (χ2v) is 5.98. The monoisotopic (exact) mass is 386 g/mol. The Morgan fingerprint density at radius 1 is 1.23 bits per heavy atom. The van der Waals surface area contributed by atoms with Gasteiger partial charge in [-0.15, -0.1) is 0 Å². The minimum Gasteiger partial charge on any atom is -0.485 e. The van der Waals surface area contributed by atoms with E-state index < -0.39 is 12.1 Å². The maximum absolute atomic E-state index is 14.5. The van der Waals surface area contributed by atoms with E-state index in [1.165, 1.54) is 0 Å². The van der Waals surface area contributed by atoms with Crippen LogP contribution in [0.15, 0.2) is 40.9 Å². The first-order valence-electron chi connectivity index (χ1n) is 6.74. The van der Waals surface area contributed by atoms with E-state index >= 15 is 0 Å². The van der Waals surface area contributed by atoms with E-state index in [9.17, 15) is 4.39 Å². The molecular formula is C16H13BrClFO3. The van der Waals surface area contributed by atoms with Crippen LogP contribution in [-0.4, -0.2) is 13.2 Å². The average Bonchev–Trinajstić information content (AvgIpc) is 3.07. The predicted molar refractivity (Wildman–Crippen MR) is 84.5 cm³/mol. The fraction of sp³-hybridized carbons (Fsp3) is 0.250. The van der Waals surface area contributed by atoms with Gasteiger partial charge in [0, 0.05) is 4.47 Å². The summed E-state index contributed by atoms with van der Waals surface area (Å²) in [5.74, 6) is -0.565. The summed E-state index contributed by atoms with van der Waals surface area (Å²) in [6.07, 6.45) is -0.645. The normalized spacial score (nSPS) is 15.2. The number of halogens is 3. The van der Waals surface area contributed by atoms with Gasteiger partial charge in [-0.25, -0.2) is 4.39 Å². The molecule has 0 atom stereocenters. The van der Waals surface area contributed by atoms with Crippen LogP contribution in [0, 0.1) is 5.82 Å². The van der Waals surface area contributed by atoms with Crippen molar-refractivity contribution < 1.29 is 18.6 Å². The van der Waals surface area contributed by atoms with Crippen LogP contribution in [0.2, 0.25) is 5.02 Å². The van der Waals surface area contributed by atoms with E-state index in [-0.39, 0.29) is 17.4 Å². The Labute approximate surface area is 141 Å². The van der Waals surface area contributed by atoms with Crippen LogP contribution in [-0.2, 0) is 16.1 Å². The van der Waals surface area contributed by atoms with Gasteiger partial charge in [0.25, 0.3) is 0 Å². The zero-order valence-electron chi connectivity index (χ0n) is 11.5. The molecule has 0 radical (unpaired) electrons. The highest BCUT2D eigenvalue weighted by Gasteiger charge is 2.27. The fourth-order valence-corrected chi connectivity index (χ4v) is 2.75. The number of benzene rings is 2. The molecule has 0 N–H and O–H groups in total. The minimum absolute atomic E-state index is 0.0233. The van der Waals surface area contributed by atoms with Crippen molar-refractivity contribution in [3.63, 3.8) is 0 Å². The lowest BCUT2D eigenvalue weighted by Crippen LogP contribution is -2.06. The summed E-state index contributed by atoms with van der Waals surface area (Å²) in [5.41, 5.74) is 1.42. The molecule has 0 unspecified atom stereocenters. The lowest BCUT2D eigenvalue weighted by molar-refractivity contribution is -0.0462. The lowest BCUT2D eigenvalue weighted by Gasteiger charge is -2.18. The van der Waals surface area contributed by atoms with Gasteiger partial charge < -0.3 is 14.2 Å². The highest BCUT2D eigenvalue weighted by Crippen LogP contribution is 2.40. The molecule has 0 spiro atoms. The first-order valence-corrected chi connectivity index (χ1v) is 7.91. The van der Waals surface area contributed by atoms with E-state index in [1.807, 2.05) is 30.3 Å². The first kappa shape index (κ1) is 15.7. The molecular weight excluding hydrogens is 375 g/mol.